The molecule has 0 saturated carbocycles. The molecule has 1 saturated heterocycles. The van der Waals surface area contributed by atoms with Crippen molar-refractivity contribution >= 4 is 11.7 Å². The first-order valence-corrected chi connectivity index (χ1v) is 8.54. The summed E-state index contributed by atoms with van der Waals surface area (Å²) in [5, 5.41) is 9.84. The summed E-state index contributed by atoms with van der Waals surface area (Å²) in [6, 6.07) is -0.213. The third-order valence-corrected chi connectivity index (χ3v) is 3.70. The second-order valence-electron chi connectivity index (χ2n) is 5.79. The van der Waals surface area contributed by atoms with E-state index in [0.29, 0.717) is 18.8 Å². The van der Waals surface area contributed by atoms with E-state index < -0.39 is 0 Å². The Kier molecular flexibility index (Phi) is 7.89. The van der Waals surface area contributed by atoms with E-state index in [2.05, 4.69) is 22.7 Å². The molecule has 1 aromatic heterocycles. The predicted molar refractivity (Wildman–Crippen MR) is 88.6 cm³/mol. The molecule has 1 aliphatic rings. The molecular weight excluding hydrogens is 296 g/mol. The Bertz CT molecular complexity index is 458. The van der Waals surface area contributed by atoms with Gasteiger partial charge >= 0.3 is 6.03 Å². The SMILES string of the molecule is CCCCOCCCNC(=O)Nc1cnn(CC2CCCO2)c1. The maximum absolute atomic E-state index is 11.8. The van der Waals surface area contributed by atoms with Crippen LogP contribution in [0.2, 0.25) is 0 Å². The fourth-order valence-electron chi connectivity index (χ4n) is 2.42. The Morgan fingerprint density at radius 1 is 1.48 bits per heavy atom. The van der Waals surface area contributed by atoms with E-state index >= 15 is 0 Å². The van der Waals surface area contributed by atoms with Gasteiger partial charge in [0.05, 0.1) is 24.5 Å². The Morgan fingerprint density at radius 2 is 2.35 bits per heavy atom. The van der Waals surface area contributed by atoms with E-state index in [-0.39, 0.29) is 12.1 Å². The predicted octanol–water partition coefficient (Wildman–Crippen LogP) is 2.39. The first-order chi connectivity index (χ1) is 11.3. The van der Waals surface area contributed by atoms with Gasteiger partial charge in [-0.1, -0.05) is 13.3 Å². The van der Waals surface area contributed by atoms with Crippen molar-refractivity contribution in [3.8, 4) is 0 Å². The number of carbonyl (C=O) groups is 1. The normalized spacial score (nSPS) is 17.3. The minimum absolute atomic E-state index is 0.213. The van der Waals surface area contributed by atoms with Crippen molar-refractivity contribution in [1.82, 2.24) is 15.1 Å². The monoisotopic (exact) mass is 324 g/mol. The Balaban J connectivity index is 1.57. The first kappa shape index (κ1) is 17.7. The van der Waals surface area contributed by atoms with E-state index in [4.69, 9.17) is 9.47 Å². The average Bonchev–Trinajstić information content (AvgIpc) is 3.19. The number of unbranched alkanes of at least 4 members (excludes halogenated alkanes) is 1. The molecule has 7 heteroatoms. The van der Waals surface area contributed by atoms with Crippen LogP contribution in [0.1, 0.15) is 39.0 Å². The molecule has 2 heterocycles. The van der Waals surface area contributed by atoms with Crippen molar-refractivity contribution in [2.75, 3.05) is 31.7 Å². The lowest BCUT2D eigenvalue weighted by atomic mass is 10.2. The smallest absolute Gasteiger partial charge is 0.319 e. The number of nitrogens with zero attached hydrogens (tertiary/aromatic N) is 2. The van der Waals surface area contributed by atoms with Crippen molar-refractivity contribution in [3.05, 3.63) is 12.4 Å². The maximum Gasteiger partial charge on any atom is 0.319 e. The van der Waals surface area contributed by atoms with Crippen molar-refractivity contribution in [2.45, 2.75) is 51.7 Å². The highest BCUT2D eigenvalue weighted by molar-refractivity contribution is 5.88. The fraction of sp³-hybridized carbons (Fsp3) is 0.750. The zero-order valence-electron chi connectivity index (χ0n) is 13.9. The van der Waals surface area contributed by atoms with Crippen LogP contribution < -0.4 is 10.6 Å². The molecule has 130 valence electrons. The van der Waals surface area contributed by atoms with E-state index in [1.165, 1.54) is 0 Å². The summed E-state index contributed by atoms with van der Waals surface area (Å²) >= 11 is 0. The molecule has 1 aromatic rings. The summed E-state index contributed by atoms with van der Waals surface area (Å²) in [4.78, 5) is 11.8. The number of aromatic nitrogens is 2. The van der Waals surface area contributed by atoms with Crippen molar-refractivity contribution in [3.63, 3.8) is 0 Å². The lowest BCUT2D eigenvalue weighted by Gasteiger charge is -2.08. The van der Waals surface area contributed by atoms with Gasteiger partial charge in [0.25, 0.3) is 0 Å². The highest BCUT2D eigenvalue weighted by Crippen LogP contribution is 2.14. The topological polar surface area (TPSA) is 77.4 Å². The van der Waals surface area contributed by atoms with Crippen LogP contribution in [0.4, 0.5) is 10.5 Å². The molecule has 1 aliphatic heterocycles. The van der Waals surface area contributed by atoms with Crippen LogP contribution in [0.25, 0.3) is 0 Å². The highest BCUT2D eigenvalue weighted by atomic mass is 16.5. The van der Waals surface area contributed by atoms with Gasteiger partial charge in [0, 0.05) is 32.6 Å². The number of urea groups is 1. The van der Waals surface area contributed by atoms with Gasteiger partial charge in [0.15, 0.2) is 0 Å². The number of rotatable bonds is 10. The van der Waals surface area contributed by atoms with Crippen LogP contribution in [0.3, 0.4) is 0 Å². The van der Waals surface area contributed by atoms with E-state index in [9.17, 15) is 4.79 Å². The minimum Gasteiger partial charge on any atom is -0.381 e. The lowest BCUT2D eigenvalue weighted by Crippen LogP contribution is -2.30. The third kappa shape index (κ3) is 7.00. The van der Waals surface area contributed by atoms with Crippen LogP contribution in [0, 0.1) is 0 Å². The molecule has 0 bridgehead atoms. The molecule has 0 aliphatic carbocycles. The standard InChI is InChI=1S/C16H28N4O3/c1-2-3-8-22-9-5-7-17-16(21)19-14-11-18-20(12-14)13-15-6-4-10-23-15/h11-12,15H,2-10,13H2,1H3,(H2,17,19,21). The Morgan fingerprint density at radius 3 is 3.13 bits per heavy atom. The van der Waals surface area contributed by atoms with Gasteiger partial charge in [-0.3, -0.25) is 4.68 Å². The minimum atomic E-state index is -0.213. The van der Waals surface area contributed by atoms with Gasteiger partial charge in [-0.25, -0.2) is 4.79 Å². The number of hydrogen-bond donors (Lipinski definition) is 2. The molecule has 1 unspecified atom stereocenters. The number of anilines is 1. The lowest BCUT2D eigenvalue weighted by molar-refractivity contribution is 0.0940. The molecule has 23 heavy (non-hydrogen) atoms. The maximum atomic E-state index is 11.8. The van der Waals surface area contributed by atoms with Crippen molar-refractivity contribution < 1.29 is 14.3 Å². The van der Waals surface area contributed by atoms with Crippen molar-refractivity contribution in [2.24, 2.45) is 0 Å². The van der Waals surface area contributed by atoms with Crippen LogP contribution in [0.5, 0.6) is 0 Å². The first-order valence-electron chi connectivity index (χ1n) is 8.54. The molecule has 1 atom stereocenters. The summed E-state index contributed by atoms with van der Waals surface area (Å²) in [6.07, 6.45) is 8.95. The Labute approximate surface area is 137 Å². The van der Waals surface area contributed by atoms with Crippen LogP contribution >= 0.6 is 0 Å². The second kappa shape index (κ2) is 10.2. The highest BCUT2D eigenvalue weighted by Gasteiger charge is 2.16. The molecule has 1 fully saturated rings. The van der Waals surface area contributed by atoms with Gasteiger partial charge in [-0.15, -0.1) is 0 Å². The fourth-order valence-corrected chi connectivity index (χ4v) is 2.42. The van der Waals surface area contributed by atoms with Gasteiger partial charge in [-0.05, 0) is 25.7 Å². The van der Waals surface area contributed by atoms with Gasteiger partial charge < -0.3 is 20.1 Å². The Hall–Kier alpha value is -1.60. The number of nitrogens with one attached hydrogen (secondary N) is 2. The number of amides is 2. The second-order valence-corrected chi connectivity index (χ2v) is 5.79. The van der Waals surface area contributed by atoms with Gasteiger partial charge in [0.2, 0.25) is 0 Å². The van der Waals surface area contributed by atoms with Gasteiger partial charge in [0.1, 0.15) is 0 Å². The molecule has 2 amide bonds. The van der Waals surface area contributed by atoms with E-state index in [1.807, 2.05) is 10.9 Å². The number of ether oxygens (including phenoxy) is 2. The molecule has 2 rings (SSSR count). The quantitative estimate of drug-likeness (QED) is 0.648. The van der Waals surface area contributed by atoms with Crippen LogP contribution in [-0.4, -0.2) is 48.3 Å². The summed E-state index contributed by atoms with van der Waals surface area (Å²) in [7, 11) is 0. The zero-order valence-corrected chi connectivity index (χ0v) is 13.9. The summed E-state index contributed by atoms with van der Waals surface area (Å²) in [5.41, 5.74) is 0.694. The largest absolute Gasteiger partial charge is 0.381 e. The van der Waals surface area contributed by atoms with E-state index in [1.54, 1.807) is 6.20 Å². The number of carbonyl (C=O) groups excluding carboxylic acids is 1. The molecule has 0 spiro atoms. The summed E-state index contributed by atoms with van der Waals surface area (Å²) < 4.78 is 12.8. The van der Waals surface area contributed by atoms with Crippen molar-refractivity contribution in [1.29, 1.82) is 0 Å². The molecule has 0 aromatic carbocycles. The molecule has 2 N–H and O–H groups in total. The van der Waals surface area contributed by atoms with Crippen LogP contribution in [-0.2, 0) is 16.0 Å². The average molecular weight is 324 g/mol. The summed E-state index contributed by atoms with van der Waals surface area (Å²) in [6.45, 7) is 5.78. The van der Waals surface area contributed by atoms with Crippen LogP contribution in [0.15, 0.2) is 12.4 Å². The zero-order chi connectivity index (χ0) is 16.3. The molecular formula is C16H28N4O3. The molecule has 7 nitrogen and oxygen atoms in total. The molecule has 0 radical (unpaired) electrons. The van der Waals surface area contributed by atoms with E-state index in [0.717, 1.165) is 51.9 Å². The third-order valence-electron chi connectivity index (χ3n) is 3.70. The number of hydrogen-bond acceptors (Lipinski definition) is 4. The summed E-state index contributed by atoms with van der Waals surface area (Å²) in [5.74, 6) is 0. The van der Waals surface area contributed by atoms with Gasteiger partial charge in [-0.2, -0.15) is 5.10 Å².